The van der Waals surface area contributed by atoms with Gasteiger partial charge in [-0.3, -0.25) is 0 Å². The van der Waals surface area contributed by atoms with Crippen molar-refractivity contribution in [1.82, 2.24) is 9.97 Å². The van der Waals surface area contributed by atoms with E-state index in [4.69, 9.17) is 0 Å². The van der Waals surface area contributed by atoms with Gasteiger partial charge in [0, 0.05) is 10.9 Å². The molecule has 0 amide bonds. The first kappa shape index (κ1) is 6.20. The van der Waals surface area contributed by atoms with Crippen LogP contribution in [0.3, 0.4) is 0 Å². The van der Waals surface area contributed by atoms with Crippen molar-refractivity contribution >= 4 is 32.6 Å². The number of hydrogen-bond donors (Lipinski definition) is 1. The minimum Gasteiger partial charge on any atom is -0.345 e. The van der Waals surface area contributed by atoms with E-state index in [2.05, 4.69) is 22.1 Å². The van der Waals surface area contributed by atoms with E-state index in [1.165, 1.54) is 10.9 Å². The Balaban J connectivity index is 2.68. The number of benzene rings is 1. The number of hydrogen-bond acceptors (Lipinski definition) is 2. The van der Waals surface area contributed by atoms with Crippen molar-refractivity contribution in [2.45, 2.75) is 0 Å². The molecular formula is C9H6N2S. The number of thiazole rings is 1. The molecule has 0 saturated carbocycles. The SMILES string of the molecule is c1ccc2c(c1)[nH]c1scnc12. The highest BCUT2D eigenvalue weighted by Crippen LogP contribution is 2.25. The Hall–Kier alpha value is -1.35. The molecule has 2 aromatic heterocycles. The Morgan fingerprint density at radius 2 is 2.17 bits per heavy atom. The van der Waals surface area contributed by atoms with Crippen molar-refractivity contribution in [2.24, 2.45) is 0 Å². The fraction of sp³-hybridized carbons (Fsp3) is 0. The maximum absolute atomic E-state index is 4.29. The fourth-order valence-electron chi connectivity index (χ4n) is 1.45. The van der Waals surface area contributed by atoms with E-state index in [0.717, 1.165) is 10.3 Å². The Kier molecular flexibility index (Phi) is 1.07. The maximum Gasteiger partial charge on any atom is 0.121 e. The van der Waals surface area contributed by atoms with Crippen LogP contribution >= 0.6 is 11.3 Å². The molecule has 1 aromatic carbocycles. The van der Waals surface area contributed by atoms with Crippen molar-refractivity contribution in [3.63, 3.8) is 0 Å². The van der Waals surface area contributed by atoms with Crippen LogP contribution in [0.15, 0.2) is 29.8 Å². The number of H-pyrrole nitrogens is 1. The summed E-state index contributed by atoms with van der Waals surface area (Å²) in [5, 5.41) is 1.22. The lowest BCUT2D eigenvalue weighted by Crippen LogP contribution is -1.64. The molecule has 2 heterocycles. The van der Waals surface area contributed by atoms with Crippen LogP contribution in [-0.2, 0) is 0 Å². The topological polar surface area (TPSA) is 28.7 Å². The van der Waals surface area contributed by atoms with Gasteiger partial charge in [0.05, 0.1) is 5.51 Å². The van der Waals surface area contributed by atoms with Gasteiger partial charge < -0.3 is 4.98 Å². The summed E-state index contributed by atoms with van der Waals surface area (Å²) in [5.74, 6) is 0. The number of nitrogens with zero attached hydrogens (tertiary/aromatic N) is 1. The van der Waals surface area contributed by atoms with Gasteiger partial charge in [-0.05, 0) is 6.07 Å². The Bertz CT molecular complexity index is 534. The minimum absolute atomic E-state index is 1.09. The van der Waals surface area contributed by atoms with E-state index >= 15 is 0 Å². The lowest BCUT2D eigenvalue weighted by Gasteiger charge is -1.84. The molecule has 3 heteroatoms. The van der Waals surface area contributed by atoms with Gasteiger partial charge in [0.1, 0.15) is 10.3 Å². The zero-order valence-corrected chi connectivity index (χ0v) is 7.06. The number of rotatable bonds is 0. The van der Waals surface area contributed by atoms with Gasteiger partial charge >= 0.3 is 0 Å². The summed E-state index contributed by atoms with van der Waals surface area (Å²) in [4.78, 5) is 8.77. The molecule has 0 fully saturated rings. The summed E-state index contributed by atoms with van der Waals surface area (Å²) < 4.78 is 0. The summed E-state index contributed by atoms with van der Waals surface area (Å²) in [6.07, 6.45) is 0. The zero-order chi connectivity index (χ0) is 7.97. The summed E-state index contributed by atoms with van der Waals surface area (Å²) in [6.45, 7) is 0. The second-order valence-electron chi connectivity index (χ2n) is 2.70. The van der Waals surface area contributed by atoms with Crippen molar-refractivity contribution in [1.29, 1.82) is 0 Å². The lowest BCUT2D eigenvalue weighted by atomic mass is 10.2. The predicted molar refractivity (Wildman–Crippen MR) is 51.5 cm³/mol. The van der Waals surface area contributed by atoms with E-state index in [1.807, 2.05) is 17.6 Å². The van der Waals surface area contributed by atoms with Gasteiger partial charge in [-0.15, -0.1) is 11.3 Å². The third-order valence-corrected chi connectivity index (χ3v) is 2.74. The van der Waals surface area contributed by atoms with E-state index in [-0.39, 0.29) is 0 Å². The van der Waals surface area contributed by atoms with E-state index in [0.29, 0.717) is 0 Å². The van der Waals surface area contributed by atoms with Crippen LogP contribution in [0.5, 0.6) is 0 Å². The molecule has 12 heavy (non-hydrogen) atoms. The highest BCUT2D eigenvalue weighted by Gasteiger charge is 2.03. The van der Waals surface area contributed by atoms with Crippen LogP contribution in [0.1, 0.15) is 0 Å². The third kappa shape index (κ3) is 0.662. The molecule has 3 aromatic rings. The van der Waals surface area contributed by atoms with Crippen LogP contribution in [0, 0.1) is 0 Å². The summed E-state index contributed by atoms with van der Waals surface area (Å²) in [7, 11) is 0. The molecule has 0 aliphatic heterocycles. The fourth-order valence-corrected chi connectivity index (χ4v) is 2.15. The van der Waals surface area contributed by atoms with Gasteiger partial charge in [-0.1, -0.05) is 18.2 Å². The molecule has 0 saturated heterocycles. The molecule has 0 aliphatic rings. The van der Waals surface area contributed by atoms with Crippen molar-refractivity contribution in [3.05, 3.63) is 29.8 Å². The van der Waals surface area contributed by atoms with Crippen LogP contribution in [0.2, 0.25) is 0 Å². The van der Waals surface area contributed by atoms with Crippen LogP contribution < -0.4 is 0 Å². The van der Waals surface area contributed by atoms with Crippen LogP contribution in [-0.4, -0.2) is 9.97 Å². The predicted octanol–water partition coefficient (Wildman–Crippen LogP) is 2.78. The molecule has 0 aliphatic carbocycles. The largest absolute Gasteiger partial charge is 0.345 e. The quantitative estimate of drug-likeness (QED) is 0.557. The van der Waals surface area contributed by atoms with Gasteiger partial charge in [-0.25, -0.2) is 4.98 Å². The number of fused-ring (bicyclic) bond motifs is 3. The molecule has 3 rings (SSSR count). The Morgan fingerprint density at radius 1 is 1.25 bits per heavy atom. The molecular weight excluding hydrogens is 168 g/mol. The van der Waals surface area contributed by atoms with Crippen LogP contribution in [0.4, 0.5) is 0 Å². The number of aromatic amines is 1. The molecule has 0 bridgehead atoms. The summed E-state index contributed by atoms with van der Waals surface area (Å²) in [6, 6.07) is 8.23. The van der Waals surface area contributed by atoms with Gasteiger partial charge in [0.15, 0.2) is 0 Å². The first-order valence-electron chi connectivity index (χ1n) is 3.75. The molecule has 1 N–H and O–H groups in total. The molecule has 0 spiro atoms. The van der Waals surface area contributed by atoms with Gasteiger partial charge in [-0.2, -0.15) is 0 Å². The van der Waals surface area contributed by atoms with Crippen molar-refractivity contribution < 1.29 is 0 Å². The normalized spacial score (nSPS) is 11.3. The number of nitrogens with one attached hydrogen (secondary N) is 1. The van der Waals surface area contributed by atoms with Gasteiger partial charge in [0.25, 0.3) is 0 Å². The second-order valence-corrected chi connectivity index (χ2v) is 3.56. The molecule has 58 valence electrons. The zero-order valence-electron chi connectivity index (χ0n) is 6.24. The molecule has 0 unspecified atom stereocenters. The highest BCUT2D eigenvalue weighted by molar-refractivity contribution is 7.16. The molecule has 2 nitrogen and oxygen atoms in total. The van der Waals surface area contributed by atoms with Crippen molar-refractivity contribution in [2.75, 3.05) is 0 Å². The highest BCUT2D eigenvalue weighted by atomic mass is 32.1. The Labute approximate surface area is 72.9 Å². The average Bonchev–Trinajstić information content (AvgIpc) is 2.62. The van der Waals surface area contributed by atoms with E-state index < -0.39 is 0 Å². The number of para-hydroxylation sites is 1. The van der Waals surface area contributed by atoms with E-state index in [1.54, 1.807) is 11.3 Å². The number of aromatic nitrogens is 2. The maximum atomic E-state index is 4.29. The standard InChI is InChI=1S/C9H6N2S/c1-2-4-7-6(3-1)8-9(11-7)12-5-10-8/h1-5,11H. The smallest absolute Gasteiger partial charge is 0.121 e. The van der Waals surface area contributed by atoms with Gasteiger partial charge in [0.2, 0.25) is 0 Å². The Morgan fingerprint density at radius 3 is 3.17 bits per heavy atom. The summed E-state index contributed by atoms with van der Waals surface area (Å²) >= 11 is 1.65. The van der Waals surface area contributed by atoms with Crippen molar-refractivity contribution in [3.8, 4) is 0 Å². The first-order chi connectivity index (χ1) is 5.95. The van der Waals surface area contributed by atoms with E-state index in [9.17, 15) is 0 Å². The second kappa shape index (κ2) is 2.08. The van der Waals surface area contributed by atoms with Crippen LogP contribution in [0.25, 0.3) is 21.3 Å². The monoisotopic (exact) mass is 174 g/mol. The third-order valence-electron chi connectivity index (χ3n) is 2.00. The average molecular weight is 174 g/mol. The minimum atomic E-state index is 1.09. The lowest BCUT2D eigenvalue weighted by molar-refractivity contribution is 1.52. The summed E-state index contributed by atoms with van der Waals surface area (Å²) in [5.41, 5.74) is 4.13. The first-order valence-corrected chi connectivity index (χ1v) is 4.63. The molecule has 0 radical (unpaired) electrons. The molecule has 0 atom stereocenters.